The molecule has 1 aliphatic heterocycles. The molecule has 158 valence electrons. The summed E-state index contributed by atoms with van der Waals surface area (Å²) >= 11 is 0. The molecule has 3 atom stereocenters. The molecular weight excluding hydrogens is 386 g/mol. The number of nitrogens with zero attached hydrogens (tertiary/aromatic N) is 1. The van der Waals surface area contributed by atoms with Gasteiger partial charge in [-0.25, -0.2) is 0 Å². The van der Waals surface area contributed by atoms with E-state index in [-0.39, 0.29) is 17.4 Å². The van der Waals surface area contributed by atoms with Gasteiger partial charge >= 0.3 is 0 Å². The quantitative estimate of drug-likeness (QED) is 0.514. The SMILES string of the molecule is [O-][N+]1=C[C@H](c2ccccc2)C[C@@H](O[C@@H]2CCCC2(c2ccccc2)c2ccccc2)O1. The summed E-state index contributed by atoms with van der Waals surface area (Å²) in [6.45, 7) is 0. The minimum Gasteiger partial charge on any atom is -0.372 e. The van der Waals surface area contributed by atoms with Gasteiger partial charge in [0, 0.05) is 16.7 Å². The summed E-state index contributed by atoms with van der Waals surface area (Å²) in [5.74, 6) is -0.0262. The Kier molecular flexibility index (Phi) is 5.47. The predicted octanol–water partition coefficient (Wildman–Crippen LogP) is 5.57. The normalized spacial score (nSPS) is 24.9. The molecule has 1 saturated carbocycles. The molecule has 3 aromatic rings. The number of rotatable bonds is 5. The van der Waals surface area contributed by atoms with Crippen LogP contribution in [0.25, 0.3) is 0 Å². The second-order valence-corrected chi connectivity index (χ2v) is 8.44. The first-order valence-corrected chi connectivity index (χ1v) is 11.1. The van der Waals surface area contributed by atoms with Crippen molar-refractivity contribution in [2.45, 2.75) is 49.4 Å². The summed E-state index contributed by atoms with van der Waals surface area (Å²) in [7, 11) is 0. The van der Waals surface area contributed by atoms with Crippen LogP contribution >= 0.6 is 0 Å². The molecule has 0 aromatic heterocycles. The zero-order valence-electron chi connectivity index (χ0n) is 17.5. The maximum absolute atomic E-state index is 12.3. The maximum Gasteiger partial charge on any atom is 0.217 e. The lowest BCUT2D eigenvalue weighted by Gasteiger charge is -2.39. The van der Waals surface area contributed by atoms with Gasteiger partial charge in [0.25, 0.3) is 0 Å². The highest BCUT2D eigenvalue weighted by Crippen LogP contribution is 2.48. The smallest absolute Gasteiger partial charge is 0.217 e. The van der Waals surface area contributed by atoms with Crippen molar-refractivity contribution in [2.75, 3.05) is 0 Å². The summed E-state index contributed by atoms with van der Waals surface area (Å²) < 4.78 is 6.62. The molecule has 0 N–H and O–H groups in total. The Labute approximate surface area is 183 Å². The fraction of sp³-hybridized carbons (Fsp3) is 0.296. The second kappa shape index (κ2) is 8.56. The number of hydrogen-bond acceptors (Lipinski definition) is 3. The van der Waals surface area contributed by atoms with E-state index < -0.39 is 6.29 Å². The zero-order chi connectivity index (χ0) is 21.1. The summed E-state index contributed by atoms with van der Waals surface area (Å²) in [6.07, 6.45) is 4.57. The van der Waals surface area contributed by atoms with E-state index in [0.717, 1.165) is 24.8 Å². The van der Waals surface area contributed by atoms with Crippen molar-refractivity contribution in [2.24, 2.45) is 0 Å². The zero-order valence-corrected chi connectivity index (χ0v) is 17.5. The van der Waals surface area contributed by atoms with Crippen molar-refractivity contribution in [1.82, 2.24) is 0 Å². The van der Waals surface area contributed by atoms with Crippen LogP contribution in [0.4, 0.5) is 0 Å². The van der Waals surface area contributed by atoms with Crippen LogP contribution in [0.1, 0.15) is 48.3 Å². The Morgan fingerprint density at radius 3 is 2.03 bits per heavy atom. The van der Waals surface area contributed by atoms with Crippen LogP contribution < -0.4 is 0 Å². The Balaban J connectivity index is 1.46. The van der Waals surface area contributed by atoms with Crippen LogP contribution in [0.15, 0.2) is 91.0 Å². The Morgan fingerprint density at radius 1 is 0.839 bits per heavy atom. The molecule has 0 radical (unpaired) electrons. The molecule has 0 unspecified atom stereocenters. The topological polar surface area (TPSA) is 44.5 Å². The van der Waals surface area contributed by atoms with Crippen LogP contribution in [-0.2, 0) is 15.0 Å². The molecule has 0 amide bonds. The molecule has 1 fully saturated rings. The third kappa shape index (κ3) is 3.84. The van der Waals surface area contributed by atoms with Gasteiger partial charge in [0.2, 0.25) is 6.21 Å². The summed E-state index contributed by atoms with van der Waals surface area (Å²) in [5.41, 5.74) is 3.36. The van der Waals surface area contributed by atoms with Crippen LogP contribution in [0.2, 0.25) is 0 Å². The van der Waals surface area contributed by atoms with Gasteiger partial charge in [-0.1, -0.05) is 91.0 Å². The lowest BCUT2D eigenvalue weighted by atomic mass is 9.71. The van der Waals surface area contributed by atoms with Crippen LogP contribution in [0.5, 0.6) is 0 Å². The molecular formula is C27H27NO3. The molecule has 1 aliphatic carbocycles. The lowest BCUT2D eigenvalue weighted by molar-refractivity contribution is -0.769. The van der Waals surface area contributed by atoms with Crippen molar-refractivity contribution in [3.8, 4) is 0 Å². The molecule has 3 aromatic carbocycles. The molecule has 31 heavy (non-hydrogen) atoms. The van der Waals surface area contributed by atoms with Gasteiger partial charge in [-0.3, -0.25) is 5.21 Å². The monoisotopic (exact) mass is 413 g/mol. The maximum atomic E-state index is 12.3. The van der Waals surface area contributed by atoms with Crippen molar-refractivity contribution >= 4 is 6.21 Å². The van der Waals surface area contributed by atoms with E-state index in [1.54, 1.807) is 6.21 Å². The fourth-order valence-corrected chi connectivity index (χ4v) is 5.25. The third-order valence-corrected chi connectivity index (χ3v) is 6.68. The highest BCUT2D eigenvalue weighted by molar-refractivity contribution is 5.63. The largest absolute Gasteiger partial charge is 0.372 e. The first kappa shape index (κ1) is 19.8. The minimum absolute atomic E-state index is 0.0262. The molecule has 4 nitrogen and oxygen atoms in total. The van der Waals surface area contributed by atoms with E-state index in [1.807, 2.05) is 42.5 Å². The molecule has 4 heteroatoms. The molecule has 5 rings (SSSR count). The number of ether oxygens (including phenoxy) is 1. The second-order valence-electron chi connectivity index (χ2n) is 8.44. The van der Waals surface area contributed by atoms with E-state index in [9.17, 15) is 5.21 Å². The minimum atomic E-state index is -0.581. The van der Waals surface area contributed by atoms with Gasteiger partial charge in [-0.2, -0.15) is 0 Å². The average molecular weight is 414 g/mol. The van der Waals surface area contributed by atoms with Gasteiger partial charge < -0.3 is 9.57 Å². The summed E-state index contributed by atoms with van der Waals surface area (Å²) in [6, 6.07) is 31.3. The molecule has 2 aliphatic rings. The molecule has 1 heterocycles. The van der Waals surface area contributed by atoms with Gasteiger partial charge in [0.15, 0.2) is 6.29 Å². The summed E-state index contributed by atoms with van der Waals surface area (Å²) in [5, 5.41) is 12.3. The average Bonchev–Trinajstić information content (AvgIpc) is 3.25. The highest BCUT2D eigenvalue weighted by Gasteiger charge is 2.47. The Hall–Kier alpha value is -3.11. The van der Waals surface area contributed by atoms with Crippen molar-refractivity contribution in [1.29, 1.82) is 0 Å². The Bertz CT molecular complexity index is 981. The van der Waals surface area contributed by atoms with Gasteiger partial charge in [-0.15, -0.1) is 0 Å². The first-order valence-electron chi connectivity index (χ1n) is 11.1. The van der Waals surface area contributed by atoms with E-state index in [1.165, 1.54) is 11.1 Å². The van der Waals surface area contributed by atoms with Crippen LogP contribution in [-0.4, -0.2) is 23.5 Å². The van der Waals surface area contributed by atoms with E-state index in [0.29, 0.717) is 11.3 Å². The highest BCUT2D eigenvalue weighted by atomic mass is 16.9. The fourth-order valence-electron chi connectivity index (χ4n) is 5.25. The molecule has 0 bridgehead atoms. The summed E-state index contributed by atoms with van der Waals surface area (Å²) in [4.78, 5) is 6.14. The third-order valence-electron chi connectivity index (χ3n) is 6.68. The molecule has 0 spiro atoms. The van der Waals surface area contributed by atoms with Gasteiger partial charge in [-0.05, 0) is 36.0 Å². The van der Waals surface area contributed by atoms with Crippen LogP contribution in [0.3, 0.4) is 0 Å². The van der Waals surface area contributed by atoms with E-state index >= 15 is 0 Å². The lowest BCUT2D eigenvalue weighted by Crippen LogP contribution is -2.42. The predicted molar refractivity (Wildman–Crippen MR) is 121 cm³/mol. The van der Waals surface area contributed by atoms with Crippen molar-refractivity contribution < 1.29 is 14.5 Å². The number of hydrogen-bond donors (Lipinski definition) is 0. The van der Waals surface area contributed by atoms with E-state index in [4.69, 9.17) is 9.57 Å². The van der Waals surface area contributed by atoms with Gasteiger partial charge in [0.1, 0.15) is 0 Å². The van der Waals surface area contributed by atoms with Crippen molar-refractivity contribution in [3.63, 3.8) is 0 Å². The van der Waals surface area contributed by atoms with Crippen molar-refractivity contribution in [3.05, 3.63) is 113 Å². The number of benzene rings is 3. The first-order chi connectivity index (χ1) is 15.3. The van der Waals surface area contributed by atoms with E-state index in [2.05, 4.69) is 48.5 Å². The van der Waals surface area contributed by atoms with Gasteiger partial charge in [0.05, 0.1) is 12.0 Å². The van der Waals surface area contributed by atoms with Crippen LogP contribution in [0, 0.1) is 5.21 Å². The molecule has 0 saturated heterocycles. The standard InChI is InChI=1S/C27H27NO3/c29-28-20-22(21-11-4-1-5-12-21)19-26(31-28)30-25-17-10-18-27(25,23-13-6-2-7-14-23)24-15-8-3-9-16-24/h1-9,11-16,20,22,25-26H,10,17-19H2/t22-,25-,26+/m1/s1. The Morgan fingerprint density at radius 2 is 1.42 bits per heavy atom.